The predicted molar refractivity (Wildman–Crippen MR) is 92.5 cm³/mol. The fourth-order valence-electron chi connectivity index (χ4n) is 2.80. The van der Waals surface area contributed by atoms with Gasteiger partial charge < -0.3 is 15.4 Å². The van der Waals surface area contributed by atoms with E-state index in [1.54, 1.807) is 6.07 Å². The lowest BCUT2D eigenvalue weighted by molar-refractivity contribution is 0.0858. The zero-order chi connectivity index (χ0) is 16.9. The molecule has 1 aliphatic heterocycles. The molecule has 6 heteroatoms. The van der Waals surface area contributed by atoms with Crippen LogP contribution in [-0.4, -0.2) is 35.1 Å². The van der Waals surface area contributed by atoms with Gasteiger partial charge in [-0.25, -0.2) is 9.97 Å². The number of benzene rings is 1. The molecular formula is C18H22N4O2. The predicted octanol–water partition coefficient (Wildman–Crippen LogP) is 2.75. The second kappa shape index (κ2) is 7.40. The highest BCUT2D eigenvalue weighted by Gasteiger charge is 2.18. The summed E-state index contributed by atoms with van der Waals surface area (Å²) in [7, 11) is 0. The molecule has 2 N–H and O–H groups in total. The topological polar surface area (TPSA) is 76.1 Å². The standard InChI is InChI=1S/C18H22N4O2/c1-12-10-13(2)21-18(20-12)22-16-8-4-3-7-15(16)17(23)19-11-14-6-5-9-24-14/h3-4,7-8,10,14H,5-6,9,11H2,1-2H3,(H,19,23)(H,20,21,22). The van der Waals surface area contributed by atoms with E-state index in [4.69, 9.17) is 4.74 Å². The Morgan fingerprint density at radius 2 is 2.00 bits per heavy atom. The van der Waals surface area contributed by atoms with E-state index in [-0.39, 0.29) is 12.0 Å². The van der Waals surface area contributed by atoms with Gasteiger partial charge in [-0.1, -0.05) is 12.1 Å². The molecule has 0 aliphatic carbocycles. The fourth-order valence-corrected chi connectivity index (χ4v) is 2.80. The molecule has 1 aromatic carbocycles. The molecule has 1 amide bonds. The summed E-state index contributed by atoms with van der Waals surface area (Å²) in [5.74, 6) is 0.366. The van der Waals surface area contributed by atoms with Gasteiger partial charge in [0.2, 0.25) is 5.95 Å². The molecule has 0 spiro atoms. The van der Waals surface area contributed by atoms with Gasteiger partial charge in [-0.3, -0.25) is 4.79 Å². The Kier molecular flexibility index (Phi) is 5.05. The third kappa shape index (κ3) is 4.08. The number of carbonyl (C=O) groups excluding carboxylic acids is 1. The van der Waals surface area contributed by atoms with Crippen LogP contribution >= 0.6 is 0 Å². The summed E-state index contributed by atoms with van der Waals surface area (Å²) in [4.78, 5) is 21.2. The normalized spacial score (nSPS) is 16.8. The third-order valence-corrected chi connectivity index (χ3v) is 3.91. The molecule has 1 aromatic heterocycles. The van der Waals surface area contributed by atoms with Gasteiger partial charge in [0.15, 0.2) is 0 Å². The average molecular weight is 326 g/mol. The Balaban J connectivity index is 1.73. The highest BCUT2D eigenvalue weighted by molar-refractivity contribution is 6.00. The van der Waals surface area contributed by atoms with Crippen LogP contribution in [0.15, 0.2) is 30.3 Å². The Morgan fingerprint density at radius 3 is 2.71 bits per heavy atom. The molecule has 0 saturated carbocycles. The maximum Gasteiger partial charge on any atom is 0.253 e. The molecule has 24 heavy (non-hydrogen) atoms. The lowest BCUT2D eigenvalue weighted by Crippen LogP contribution is -2.32. The first-order chi connectivity index (χ1) is 11.6. The van der Waals surface area contributed by atoms with Gasteiger partial charge in [-0.15, -0.1) is 0 Å². The Bertz CT molecular complexity index is 706. The van der Waals surface area contributed by atoms with Crippen molar-refractivity contribution in [1.29, 1.82) is 0 Å². The van der Waals surface area contributed by atoms with Crippen LogP contribution in [0.2, 0.25) is 0 Å². The summed E-state index contributed by atoms with van der Waals surface area (Å²) in [6, 6.07) is 9.26. The summed E-state index contributed by atoms with van der Waals surface area (Å²) in [6.45, 7) is 5.15. The van der Waals surface area contributed by atoms with Crippen molar-refractivity contribution < 1.29 is 9.53 Å². The van der Waals surface area contributed by atoms with E-state index in [1.807, 2.05) is 38.1 Å². The number of aryl methyl sites for hydroxylation is 2. The third-order valence-electron chi connectivity index (χ3n) is 3.91. The lowest BCUT2D eigenvalue weighted by Gasteiger charge is -2.14. The summed E-state index contributed by atoms with van der Waals surface area (Å²) < 4.78 is 5.54. The van der Waals surface area contributed by atoms with Crippen LogP contribution in [0.3, 0.4) is 0 Å². The van der Waals surface area contributed by atoms with Crippen LogP contribution in [0, 0.1) is 13.8 Å². The van der Waals surface area contributed by atoms with E-state index in [1.165, 1.54) is 0 Å². The van der Waals surface area contributed by atoms with Crippen molar-refractivity contribution in [3.05, 3.63) is 47.3 Å². The summed E-state index contributed by atoms with van der Waals surface area (Å²) >= 11 is 0. The second-order valence-corrected chi connectivity index (χ2v) is 5.99. The van der Waals surface area contributed by atoms with Crippen LogP contribution in [-0.2, 0) is 4.74 Å². The minimum Gasteiger partial charge on any atom is -0.376 e. The Labute approximate surface area is 141 Å². The van der Waals surface area contributed by atoms with Gasteiger partial charge in [0.1, 0.15) is 0 Å². The van der Waals surface area contributed by atoms with E-state index in [0.717, 1.165) is 30.8 Å². The molecular weight excluding hydrogens is 304 g/mol. The number of carbonyl (C=O) groups is 1. The van der Waals surface area contributed by atoms with Gasteiger partial charge in [-0.2, -0.15) is 0 Å². The number of hydrogen-bond acceptors (Lipinski definition) is 5. The van der Waals surface area contributed by atoms with Gasteiger partial charge >= 0.3 is 0 Å². The molecule has 2 heterocycles. The van der Waals surface area contributed by atoms with Crippen LogP contribution in [0.1, 0.15) is 34.6 Å². The molecule has 1 atom stereocenters. The van der Waals surface area contributed by atoms with Crippen molar-refractivity contribution in [2.24, 2.45) is 0 Å². The summed E-state index contributed by atoms with van der Waals surface area (Å²) in [5.41, 5.74) is 3.02. The van der Waals surface area contributed by atoms with Crippen LogP contribution < -0.4 is 10.6 Å². The second-order valence-electron chi connectivity index (χ2n) is 5.99. The number of aromatic nitrogens is 2. The molecule has 2 aromatic rings. The number of amides is 1. The molecule has 3 rings (SSSR count). The average Bonchev–Trinajstić information content (AvgIpc) is 3.05. The zero-order valence-corrected chi connectivity index (χ0v) is 14.0. The zero-order valence-electron chi connectivity index (χ0n) is 14.0. The van der Waals surface area contributed by atoms with E-state index in [2.05, 4.69) is 20.6 Å². The van der Waals surface area contributed by atoms with Gasteiger partial charge in [-0.05, 0) is 44.9 Å². The van der Waals surface area contributed by atoms with Crippen molar-refractivity contribution in [1.82, 2.24) is 15.3 Å². The quantitative estimate of drug-likeness (QED) is 0.883. The monoisotopic (exact) mass is 326 g/mol. The van der Waals surface area contributed by atoms with E-state index >= 15 is 0 Å². The number of ether oxygens (including phenoxy) is 1. The summed E-state index contributed by atoms with van der Waals surface area (Å²) in [6.07, 6.45) is 2.18. The van der Waals surface area contributed by atoms with Gasteiger partial charge in [0.25, 0.3) is 5.91 Å². The molecule has 0 bridgehead atoms. The molecule has 126 valence electrons. The minimum atomic E-state index is -0.127. The maximum absolute atomic E-state index is 12.5. The van der Waals surface area contributed by atoms with Crippen molar-refractivity contribution in [3.8, 4) is 0 Å². The molecule has 1 aliphatic rings. The van der Waals surface area contributed by atoms with Crippen molar-refractivity contribution in [2.45, 2.75) is 32.8 Å². The van der Waals surface area contributed by atoms with E-state index in [0.29, 0.717) is 23.7 Å². The number of nitrogens with one attached hydrogen (secondary N) is 2. The fraction of sp³-hybridized carbons (Fsp3) is 0.389. The van der Waals surface area contributed by atoms with Gasteiger partial charge in [0, 0.05) is 24.5 Å². The van der Waals surface area contributed by atoms with E-state index < -0.39 is 0 Å². The van der Waals surface area contributed by atoms with Crippen LogP contribution in [0.5, 0.6) is 0 Å². The first-order valence-corrected chi connectivity index (χ1v) is 8.20. The number of anilines is 2. The Morgan fingerprint density at radius 1 is 1.25 bits per heavy atom. The maximum atomic E-state index is 12.5. The first-order valence-electron chi connectivity index (χ1n) is 8.20. The number of rotatable bonds is 5. The smallest absolute Gasteiger partial charge is 0.253 e. The molecule has 1 fully saturated rings. The largest absolute Gasteiger partial charge is 0.376 e. The molecule has 6 nitrogen and oxygen atoms in total. The summed E-state index contributed by atoms with van der Waals surface area (Å²) in [5, 5.41) is 6.09. The van der Waals surface area contributed by atoms with Crippen LogP contribution in [0.4, 0.5) is 11.6 Å². The number of para-hydroxylation sites is 1. The Hall–Kier alpha value is -2.47. The molecule has 1 saturated heterocycles. The highest BCUT2D eigenvalue weighted by atomic mass is 16.5. The molecule has 1 unspecified atom stereocenters. The molecule has 0 radical (unpaired) electrons. The van der Waals surface area contributed by atoms with Crippen molar-refractivity contribution in [3.63, 3.8) is 0 Å². The lowest BCUT2D eigenvalue weighted by atomic mass is 10.1. The van der Waals surface area contributed by atoms with E-state index in [9.17, 15) is 4.79 Å². The minimum absolute atomic E-state index is 0.122. The SMILES string of the molecule is Cc1cc(C)nc(Nc2ccccc2C(=O)NCC2CCCO2)n1. The van der Waals surface area contributed by atoms with Gasteiger partial charge in [0.05, 0.1) is 17.4 Å². The first kappa shape index (κ1) is 16.4. The van der Waals surface area contributed by atoms with Crippen LogP contribution in [0.25, 0.3) is 0 Å². The van der Waals surface area contributed by atoms with Crippen molar-refractivity contribution >= 4 is 17.5 Å². The van der Waals surface area contributed by atoms with Crippen molar-refractivity contribution in [2.75, 3.05) is 18.5 Å². The highest BCUT2D eigenvalue weighted by Crippen LogP contribution is 2.19. The number of hydrogen-bond donors (Lipinski definition) is 2. The number of nitrogens with zero attached hydrogens (tertiary/aromatic N) is 2.